The molecule has 0 aromatic heterocycles. The lowest BCUT2D eigenvalue weighted by molar-refractivity contribution is 0.374. The van der Waals surface area contributed by atoms with Crippen molar-refractivity contribution in [1.82, 2.24) is 0 Å². The summed E-state index contributed by atoms with van der Waals surface area (Å²) in [4.78, 5) is 0. The van der Waals surface area contributed by atoms with Gasteiger partial charge in [0, 0.05) is 20.7 Å². The van der Waals surface area contributed by atoms with E-state index in [1.54, 1.807) is 0 Å². The third kappa shape index (κ3) is 3.09. The lowest BCUT2D eigenvalue weighted by atomic mass is 9.76. The van der Waals surface area contributed by atoms with Crippen molar-refractivity contribution in [3.05, 3.63) is 62.5 Å². The van der Waals surface area contributed by atoms with Gasteiger partial charge in [-0.2, -0.15) is 0 Å². The molecule has 0 heterocycles. The molecule has 0 amide bonds. The summed E-state index contributed by atoms with van der Waals surface area (Å²) in [6.45, 7) is 2.15. The van der Waals surface area contributed by atoms with Gasteiger partial charge < -0.3 is 5.32 Å². The summed E-state index contributed by atoms with van der Waals surface area (Å²) in [7, 11) is 0. The highest BCUT2D eigenvalue weighted by atomic mass is 79.9. The van der Waals surface area contributed by atoms with Gasteiger partial charge in [0.2, 0.25) is 0 Å². The Balaban J connectivity index is 1.62. The van der Waals surface area contributed by atoms with Crippen molar-refractivity contribution in [2.75, 3.05) is 5.32 Å². The van der Waals surface area contributed by atoms with E-state index in [9.17, 15) is 0 Å². The SMILES string of the molecule is Cc1ccc(Br)cc1NC1CC(c2cccc(Br)c2)C1. The molecule has 2 aromatic carbocycles. The second-order valence-corrected chi connectivity index (χ2v) is 7.36. The smallest absolute Gasteiger partial charge is 0.0383 e. The minimum absolute atomic E-state index is 0.590. The molecule has 0 bridgehead atoms. The zero-order valence-corrected chi connectivity index (χ0v) is 14.5. The van der Waals surface area contributed by atoms with Crippen LogP contribution in [-0.2, 0) is 0 Å². The van der Waals surface area contributed by atoms with Crippen molar-refractivity contribution < 1.29 is 0 Å². The quantitative estimate of drug-likeness (QED) is 0.685. The van der Waals surface area contributed by atoms with Crippen LogP contribution in [0, 0.1) is 6.92 Å². The van der Waals surface area contributed by atoms with Crippen LogP contribution in [0.25, 0.3) is 0 Å². The van der Waals surface area contributed by atoms with Gasteiger partial charge in [0.15, 0.2) is 0 Å². The number of nitrogens with one attached hydrogen (secondary N) is 1. The van der Waals surface area contributed by atoms with E-state index in [2.05, 4.69) is 86.6 Å². The van der Waals surface area contributed by atoms with Crippen LogP contribution in [0.5, 0.6) is 0 Å². The average Bonchev–Trinajstić information content (AvgIpc) is 2.37. The van der Waals surface area contributed by atoms with Crippen molar-refractivity contribution >= 4 is 37.5 Å². The molecular formula is C17H17Br2N. The predicted octanol–water partition coefficient (Wildman–Crippen LogP) is 5.88. The van der Waals surface area contributed by atoms with Gasteiger partial charge in [-0.25, -0.2) is 0 Å². The van der Waals surface area contributed by atoms with Crippen molar-refractivity contribution in [2.45, 2.75) is 31.7 Å². The molecule has 0 atom stereocenters. The zero-order chi connectivity index (χ0) is 14.1. The second kappa shape index (κ2) is 5.90. The lowest BCUT2D eigenvalue weighted by Crippen LogP contribution is -2.34. The number of anilines is 1. The number of hydrogen-bond acceptors (Lipinski definition) is 1. The molecule has 104 valence electrons. The number of hydrogen-bond donors (Lipinski definition) is 1. The maximum atomic E-state index is 3.66. The summed E-state index contributed by atoms with van der Waals surface area (Å²) in [6, 6.07) is 15.7. The summed E-state index contributed by atoms with van der Waals surface area (Å²) in [5, 5.41) is 3.66. The normalized spacial score (nSPS) is 21.4. The number of rotatable bonds is 3. The molecule has 1 fully saturated rings. The fourth-order valence-corrected chi connectivity index (χ4v) is 3.52. The van der Waals surface area contributed by atoms with Crippen molar-refractivity contribution in [1.29, 1.82) is 0 Å². The Bertz CT molecular complexity index is 618. The van der Waals surface area contributed by atoms with E-state index < -0.39 is 0 Å². The highest BCUT2D eigenvalue weighted by Gasteiger charge is 2.30. The van der Waals surface area contributed by atoms with E-state index >= 15 is 0 Å². The Morgan fingerprint density at radius 1 is 1.00 bits per heavy atom. The average molecular weight is 395 g/mol. The fourth-order valence-electron chi connectivity index (χ4n) is 2.74. The minimum Gasteiger partial charge on any atom is -0.382 e. The van der Waals surface area contributed by atoms with Crippen LogP contribution in [0.4, 0.5) is 5.69 Å². The van der Waals surface area contributed by atoms with Crippen LogP contribution in [0.15, 0.2) is 51.4 Å². The Morgan fingerprint density at radius 2 is 1.75 bits per heavy atom. The highest BCUT2D eigenvalue weighted by Crippen LogP contribution is 2.39. The first-order valence-corrected chi connectivity index (χ1v) is 8.48. The van der Waals surface area contributed by atoms with Gasteiger partial charge in [0.25, 0.3) is 0 Å². The Hall–Kier alpha value is -0.800. The van der Waals surface area contributed by atoms with E-state index in [1.807, 2.05) is 0 Å². The summed E-state index contributed by atoms with van der Waals surface area (Å²) >= 11 is 7.09. The Morgan fingerprint density at radius 3 is 2.50 bits per heavy atom. The van der Waals surface area contributed by atoms with Crippen LogP contribution >= 0.6 is 31.9 Å². The van der Waals surface area contributed by atoms with Crippen molar-refractivity contribution in [3.8, 4) is 0 Å². The molecule has 0 spiro atoms. The first-order chi connectivity index (χ1) is 9.61. The monoisotopic (exact) mass is 393 g/mol. The number of benzene rings is 2. The predicted molar refractivity (Wildman–Crippen MR) is 92.4 cm³/mol. The molecule has 0 saturated heterocycles. The first kappa shape index (κ1) is 14.2. The first-order valence-electron chi connectivity index (χ1n) is 6.90. The topological polar surface area (TPSA) is 12.0 Å². The molecule has 1 nitrogen and oxygen atoms in total. The van der Waals surface area contributed by atoms with E-state index in [0.29, 0.717) is 12.0 Å². The maximum absolute atomic E-state index is 3.66. The highest BCUT2D eigenvalue weighted by molar-refractivity contribution is 9.10. The fraction of sp³-hybridized carbons (Fsp3) is 0.294. The molecule has 1 N–H and O–H groups in total. The molecule has 3 rings (SSSR count). The Labute approximate surface area is 137 Å². The van der Waals surface area contributed by atoms with E-state index in [0.717, 1.165) is 4.47 Å². The van der Waals surface area contributed by atoms with Gasteiger partial charge in [-0.05, 0) is 61.1 Å². The summed E-state index contributed by atoms with van der Waals surface area (Å²) in [5.74, 6) is 0.692. The van der Waals surface area contributed by atoms with Gasteiger partial charge >= 0.3 is 0 Å². The zero-order valence-electron chi connectivity index (χ0n) is 11.4. The molecule has 2 aromatic rings. The van der Waals surface area contributed by atoms with Crippen molar-refractivity contribution in [3.63, 3.8) is 0 Å². The summed E-state index contributed by atoms with van der Waals surface area (Å²) in [5.41, 5.74) is 4.00. The molecule has 1 aliphatic rings. The molecule has 3 heteroatoms. The molecule has 0 aliphatic heterocycles. The molecule has 0 unspecified atom stereocenters. The van der Waals surface area contributed by atoms with E-state index in [1.165, 1.54) is 34.1 Å². The molecule has 20 heavy (non-hydrogen) atoms. The largest absolute Gasteiger partial charge is 0.382 e. The van der Waals surface area contributed by atoms with Crippen LogP contribution < -0.4 is 5.32 Å². The standard InChI is InChI=1S/C17H17Br2N/c1-11-5-6-15(19)10-17(11)20-16-8-13(9-16)12-3-2-4-14(18)7-12/h2-7,10,13,16,20H,8-9H2,1H3. The third-order valence-electron chi connectivity index (χ3n) is 4.02. The summed E-state index contributed by atoms with van der Waals surface area (Å²) in [6.07, 6.45) is 2.42. The van der Waals surface area contributed by atoms with Gasteiger partial charge in [0.05, 0.1) is 0 Å². The maximum Gasteiger partial charge on any atom is 0.0383 e. The molecular weight excluding hydrogens is 378 g/mol. The van der Waals surface area contributed by atoms with Crippen LogP contribution in [0.3, 0.4) is 0 Å². The van der Waals surface area contributed by atoms with Crippen LogP contribution in [-0.4, -0.2) is 6.04 Å². The number of aryl methyl sites for hydroxylation is 1. The van der Waals surface area contributed by atoms with Gasteiger partial charge in [0.1, 0.15) is 0 Å². The summed E-state index contributed by atoms with van der Waals surface area (Å²) < 4.78 is 2.31. The van der Waals surface area contributed by atoms with Crippen molar-refractivity contribution in [2.24, 2.45) is 0 Å². The van der Waals surface area contributed by atoms with Gasteiger partial charge in [-0.15, -0.1) is 0 Å². The molecule has 1 aliphatic carbocycles. The lowest BCUT2D eigenvalue weighted by Gasteiger charge is -2.37. The van der Waals surface area contributed by atoms with E-state index in [-0.39, 0.29) is 0 Å². The van der Waals surface area contributed by atoms with Crippen LogP contribution in [0.2, 0.25) is 0 Å². The molecule has 1 saturated carbocycles. The molecule has 0 radical (unpaired) electrons. The van der Waals surface area contributed by atoms with Crippen LogP contribution in [0.1, 0.15) is 29.9 Å². The van der Waals surface area contributed by atoms with Gasteiger partial charge in [-0.1, -0.05) is 50.1 Å². The van der Waals surface area contributed by atoms with Gasteiger partial charge in [-0.3, -0.25) is 0 Å². The van der Waals surface area contributed by atoms with E-state index in [4.69, 9.17) is 0 Å². The number of halogens is 2. The Kier molecular flexibility index (Phi) is 4.18. The minimum atomic E-state index is 0.590. The third-order valence-corrected chi connectivity index (χ3v) is 5.00. The second-order valence-electron chi connectivity index (χ2n) is 5.52.